The van der Waals surface area contributed by atoms with Crippen LogP contribution in [-0.2, 0) is 38.5 Å². The molecule has 0 heterocycles. The highest BCUT2D eigenvalue weighted by Crippen LogP contribution is 2.40. The minimum absolute atomic E-state index is 0.460. The van der Waals surface area contributed by atoms with Crippen molar-refractivity contribution in [1.29, 1.82) is 0 Å². The van der Waals surface area contributed by atoms with E-state index in [2.05, 4.69) is 13.8 Å². The topological polar surface area (TPSA) is 0 Å². The fourth-order valence-electron chi connectivity index (χ4n) is 4.22. The molecule has 198 valence electrons. The largest absolute Gasteiger partial charge is 0.341 e. The summed E-state index contributed by atoms with van der Waals surface area (Å²) in [6, 6.07) is -9.62. The van der Waals surface area contributed by atoms with Gasteiger partial charge in [0.15, 0.2) is 0 Å². The summed E-state index contributed by atoms with van der Waals surface area (Å²) in [6.07, 6.45) is 4.07. The van der Waals surface area contributed by atoms with Crippen molar-refractivity contribution in [2.24, 2.45) is 0 Å². The van der Waals surface area contributed by atoms with Crippen molar-refractivity contribution in [3.8, 4) is 0 Å². The van der Waals surface area contributed by atoms with Crippen LogP contribution in [0, 0.1) is 0 Å². The third-order valence-electron chi connectivity index (χ3n) is 5.53. The van der Waals surface area contributed by atoms with Gasteiger partial charge in [0.2, 0.25) is 0 Å². The molecule has 0 aromatic heterocycles. The van der Waals surface area contributed by atoms with Gasteiger partial charge in [0.25, 0.3) is 0 Å². The summed E-state index contributed by atoms with van der Waals surface area (Å²) in [6.45, 7) is 4.25. The van der Waals surface area contributed by atoms with E-state index in [9.17, 15) is 0 Å². The molecule has 34 heavy (non-hydrogen) atoms. The quantitative estimate of drug-likeness (QED) is 0.130. The van der Waals surface area contributed by atoms with Crippen LogP contribution in [-0.4, -0.2) is 24.0 Å². The van der Waals surface area contributed by atoms with Crippen LogP contribution in [0.25, 0.3) is 0 Å². The van der Waals surface area contributed by atoms with E-state index >= 15 is 0 Å². The molecule has 0 atom stereocenters. The van der Waals surface area contributed by atoms with Gasteiger partial charge in [-0.2, -0.15) is 0 Å². The molecule has 0 unspecified atom stereocenters. The second-order valence-electron chi connectivity index (χ2n) is 8.04. The summed E-state index contributed by atoms with van der Waals surface area (Å²) in [5.74, 6) is 0. The maximum atomic E-state index is 6.29. The Balaban J connectivity index is 3.87. The Hall–Kier alpha value is 3.57. The van der Waals surface area contributed by atoms with Crippen LogP contribution in [0.4, 0.5) is 0 Å². The molecule has 0 saturated heterocycles. The Morgan fingerprint density at radius 3 is 0.676 bits per heavy atom. The fraction of sp³-hybridized carbons (Fsp3) is 0.667. The zero-order valence-electron chi connectivity index (χ0n) is 18.6. The van der Waals surface area contributed by atoms with Crippen molar-refractivity contribution in [3.63, 3.8) is 0 Å². The molecule has 0 aliphatic heterocycles. The van der Waals surface area contributed by atoms with Gasteiger partial charge in [-0.15, -0.1) is 133 Å². The Morgan fingerprint density at radius 2 is 0.529 bits per heavy atom. The first-order valence-electron chi connectivity index (χ1n) is 10.7. The molecular formula is C18H26Cl12Si4. The van der Waals surface area contributed by atoms with Gasteiger partial charge in [-0.05, 0) is 96.1 Å². The highest BCUT2D eigenvalue weighted by Gasteiger charge is 2.33. The molecule has 1 aromatic carbocycles. The number of hydrogen-bond donors (Lipinski definition) is 0. The minimum Gasteiger partial charge on any atom is -0.126 e. The molecule has 1 rings (SSSR count). The minimum atomic E-state index is -2.90. The van der Waals surface area contributed by atoms with Crippen LogP contribution in [0.3, 0.4) is 0 Å². The van der Waals surface area contributed by atoms with Crippen LogP contribution in [0.1, 0.15) is 47.2 Å². The van der Waals surface area contributed by atoms with Crippen molar-refractivity contribution in [2.75, 3.05) is 0 Å². The number of hydrogen-bond acceptors (Lipinski definition) is 0. The first-order chi connectivity index (χ1) is 15.3. The van der Waals surface area contributed by atoms with Gasteiger partial charge in [0, 0.05) is 0 Å². The van der Waals surface area contributed by atoms with Crippen molar-refractivity contribution in [1.82, 2.24) is 0 Å². The molecule has 0 amide bonds. The van der Waals surface area contributed by atoms with Gasteiger partial charge in [-0.1, -0.05) is 13.8 Å². The maximum Gasteiger partial charge on any atom is 0.341 e. The van der Waals surface area contributed by atoms with E-state index in [0.29, 0.717) is 49.9 Å². The lowest BCUT2D eigenvalue weighted by molar-refractivity contribution is 0.871. The van der Waals surface area contributed by atoms with Crippen LogP contribution in [0.5, 0.6) is 0 Å². The summed E-state index contributed by atoms with van der Waals surface area (Å²) >= 11 is 75.4. The molecule has 0 aliphatic rings. The van der Waals surface area contributed by atoms with Crippen LogP contribution in [0.15, 0.2) is 0 Å². The van der Waals surface area contributed by atoms with Gasteiger partial charge in [-0.25, -0.2) is 0 Å². The van der Waals surface area contributed by atoms with E-state index in [-0.39, 0.29) is 0 Å². The maximum absolute atomic E-state index is 6.29. The second-order valence-corrected chi connectivity index (χ2v) is 45.2. The van der Waals surface area contributed by atoms with Gasteiger partial charge < -0.3 is 0 Å². The average molecular weight is 780 g/mol. The van der Waals surface area contributed by atoms with Crippen molar-refractivity contribution in [3.05, 3.63) is 33.4 Å². The van der Waals surface area contributed by atoms with E-state index in [4.69, 9.17) is 133 Å². The number of halogens is 12. The van der Waals surface area contributed by atoms with Gasteiger partial charge in [-0.3, -0.25) is 0 Å². The predicted molar refractivity (Wildman–Crippen MR) is 172 cm³/mol. The SMILES string of the molecule is CCc1c(CC)c(CC[Si](Cl)(Cl)Cl)c(CC[Si](Cl)(Cl)Cl)c(CC[Si](Cl)(Cl)Cl)c1CC[Si](Cl)(Cl)Cl. The molecule has 0 fully saturated rings. The molecule has 0 nitrogen and oxygen atoms in total. The van der Waals surface area contributed by atoms with Crippen LogP contribution < -0.4 is 0 Å². The zero-order chi connectivity index (χ0) is 26.5. The van der Waals surface area contributed by atoms with E-state index in [1.165, 1.54) is 11.1 Å². The summed E-state index contributed by atoms with van der Waals surface area (Å²) < 4.78 is 0. The molecule has 0 radical (unpaired) electrons. The van der Waals surface area contributed by atoms with Crippen molar-refractivity contribution < 1.29 is 0 Å². The predicted octanol–water partition coefficient (Wildman–Crippen LogP) is 11.6. The van der Waals surface area contributed by atoms with Crippen LogP contribution in [0.2, 0.25) is 24.2 Å². The van der Waals surface area contributed by atoms with Gasteiger partial charge in [0.05, 0.1) is 0 Å². The summed E-state index contributed by atoms with van der Waals surface area (Å²) in [5, 5.41) is 0. The molecule has 1 aromatic rings. The normalized spacial score (nSPS) is 13.6. The zero-order valence-corrected chi connectivity index (χ0v) is 31.7. The lowest BCUT2D eigenvalue weighted by Crippen LogP contribution is -2.21. The van der Waals surface area contributed by atoms with Crippen molar-refractivity contribution in [2.45, 2.75) is 76.5 Å². The van der Waals surface area contributed by atoms with E-state index in [1.54, 1.807) is 0 Å². The van der Waals surface area contributed by atoms with E-state index in [1.807, 2.05) is 0 Å². The second kappa shape index (κ2) is 15.0. The third-order valence-corrected chi connectivity index (χ3v) is 15.6. The lowest BCUT2D eigenvalue weighted by atomic mass is 9.81. The highest BCUT2D eigenvalue weighted by molar-refractivity contribution is 7.66. The van der Waals surface area contributed by atoms with Gasteiger partial charge >= 0.3 is 24.0 Å². The molecule has 16 heteroatoms. The monoisotopic (exact) mass is 774 g/mol. The smallest absolute Gasteiger partial charge is 0.126 e. The molecule has 0 bridgehead atoms. The molecule has 0 spiro atoms. The fourth-order valence-corrected chi connectivity index (χ4v) is 9.76. The summed E-state index contributed by atoms with van der Waals surface area (Å²) in [5.41, 5.74) is 7.03. The standard InChI is InChI=1S/C18H26Cl12Si4/c1-3-13-14(4-2)16(6-10-32(22,23)24)18(8-12-34(28,29)30)17(7-11-33(25,26)27)15(13)5-9-31(19,20)21/h3-12H2,1-2H3. The Morgan fingerprint density at radius 1 is 0.353 bits per heavy atom. The molecular weight excluding hydrogens is 754 g/mol. The highest BCUT2D eigenvalue weighted by atomic mass is 35.9. The summed E-state index contributed by atoms with van der Waals surface area (Å²) in [4.78, 5) is 0. The first-order valence-corrected chi connectivity index (χ1v) is 31.7. The summed E-state index contributed by atoms with van der Waals surface area (Å²) in [7, 11) is 0. The molecule has 0 N–H and O–H groups in total. The van der Waals surface area contributed by atoms with E-state index in [0.717, 1.165) is 35.1 Å². The number of benzene rings is 1. The third kappa shape index (κ3) is 13.8. The first kappa shape index (κ1) is 35.6. The van der Waals surface area contributed by atoms with Gasteiger partial charge in [0.1, 0.15) is 0 Å². The number of rotatable bonds is 14. The Bertz CT molecular complexity index is 743. The van der Waals surface area contributed by atoms with Crippen molar-refractivity contribution >= 4 is 157 Å². The van der Waals surface area contributed by atoms with Crippen LogP contribution >= 0.6 is 133 Å². The molecule has 0 aliphatic carbocycles. The van der Waals surface area contributed by atoms with E-state index < -0.39 is 24.0 Å². The Labute approximate surface area is 263 Å². The molecule has 0 saturated carbocycles. The lowest BCUT2D eigenvalue weighted by Gasteiger charge is -2.28. The average Bonchev–Trinajstić information content (AvgIpc) is 2.64. The Kier molecular flexibility index (Phi) is 15.7.